The zero-order valence-electron chi connectivity index (χ0n) is 8.12. The summed E-state index contributed by atoms with van der Waals surface area (Å²) in [7, 11) is 0. The summed E-state index contributed by atoms with van der Waals surface area (Å²) >= 11 is 0. The van der Waals surface area contributed by atoms with Crippen molar-refractivity contribution in [3.63, 3.8) is 0 Å². The number of para-hydroxylation sites is 1. The van der Waals surface area contributed by atoms with Gasteiger partial charge in [-0.3, -0.25) is 4.90 Å². The molecule has 5 heteroatoms. The lowest BCUT2D eigenvalue weighted by Crippen LogP contribution is -2.41. The fraction of sp³-hybridized carbons (Fsp3) is 0.182. The van der Waals surface area contributed by atoms with Gasteiger partial charge in [0, 0.05) is 5.57 Å². The average molecular weight is 224 g/mol. The molecular formula is C11H7F3N2. The lowest BCUT2D eigenvalue weighted by molar-refractivity contribution is -0.128. The summed E-state index contributed by atoms with van der Waals surface area (Å²) in [6.45, 7) is -0.420. The molecule has 16 heavy (non-hydrogen) atoms. The topological polar surface area (TPSA) is 27.0 Å². The molecule has 0 fully saturated rings. The smallest absolute Gasteiger partial charge is 0.278 e. The molecule has 2 rings (SSSR count). The number of halogens is 3. The first kappa shape index (κ1) is 10.6. The first-order valence-corrected chi connectivity index (χ1v) is 4.56. The van der Waals surface area contributed by atoms with Crippen molar-refractivity contribution in [2.24, 2.45) is 0 Å². The van der Waals surface area contributed by atoms with E-state index in [1.165, 1.54) is 12.1 Å². The minimum atomic E-state index is -4.47. The zero-order chi connectivity index (χ0) is 11.8. The van der Waals surface area contributed by atoms with E-state index in [9.17, 15) is 13.2 Å². The Hall–Kier alpha value is -1.96. The third-order valence-corrected chi connectivity index (χ3v) is 2.34. The second-order valence-electron chi connectivity index (χ2n) is 3.39. The molecular weight excluding hydrogens is 217 g/mol. The molecule has 1 aromatic carbocycles. The summed E-state index contributed by atoms with van der Waals surface area (Å²) in [4.78, 5) is 0.279. The van der Waals surface area contributed by atoms with Crippen LogP contribution in [0.15, 0.2) is 29.8 Å². The van der Waals surface area contributed by atoms with Gasteiger partial charge >= 0.3 is 6.30 Å². The molecule has 0 spiro atoms. The Balaban J connectivity index is 2.54. The van der Waals surface area contributed by atoms with Gasteiger partial charge in [0.1, 0.15) is 0 Å². The minimum Gasteiger partial charge on any atom is -0.278 e. The van der Waals surface area contributed by atoms with E-state index in [1.807, 2.05) is 0 Å². The zero-order valence-corrected chi connectivity index (χ0v) is 8.12. The standard InChI is InChI=1S/C11H7F3N2/c12-11(13,14)16-7-8(6-15)5-9-3-1-2-4-10(9)16/h1-5H,7H2. The van der Waals surface area contributed by atoms with Crippen molar-refractivity contribution in [3.05, 3.63) is 35.4 Å². The Labute approximate surface area is 90.2 Å². The summed E-state index contributed by atoms with van der Waals surface area (Å²) in [5.41, 5.74) is 0.618. The summed E-state index contributed by atoms with van der Waals surface area (Å²) in [5, 5.41) is 8.69. The van der Waals surface area contributed by atoms with Crippen molar-refractivity contribution in [2.45, 2.75) is 6.30 Å². The van der Waals surface area contributed by atoms with Gasteiger partial charge in [0.05, 0.1) is 18.3 Å². The SMILES string of the molecule is N#CC1=Cc2ccccc2N(C(F)(F)F)C1. The molecule has 0 bridgehead atoms. The number of hydrogen-bond acceptors (Lipinski definition) is 2. The van der Waals surface area contributed by atoms with E-state index in [4.69, 9.17) is 5.26 Å². The van der Waals surface area contributed by atoms with E-state index < -0.39 is 12.8 Å². The highest BCUT2D eigenvalue weighted by atomic mass is 19.4. The van der Waals surface area contributed by atoms with Crippen LogP contribution in [0.2, 0.25) is 0 Å². The normalized spacial score (nSPS) is 15.1. The monoisotopic (exact) mass is 224 g/mol. The van der Waals surface area contributed by atoms with E-state index in [-0.39, 0.29) is 16.2 Å². The maximum Gasteiger partial charge on any atom is 0.485 e. The highest BCUT2D eigenvalue weighted by Gasteiger charge is 2.40. The van der Waals surface area contributed by atoms with Gasteiger partial charge in [-0.2, -0.15) is 18.4 Å². The molecule has 0 N–H and O–H groups in total. The van der Waals surface area contributed by atoms with Crippen LogP contribution in [0.3, 0.4) is 0 Å². The predicted octanol–water partition coefficient (Wildman–Crippen LogP) is 2.93. The van der Waals surface area contributed by atoms with Crippen molar-refractivity contribution >= 4 is 11.8 Å². The largest absolute Gasteiger partial charge is 0.485 e. The third-order valence-electron chi connectivity index (χ3n) is 2.34. The van der Waals surface area contributed by atoms with Crippen molar-refractivity contribution in [1.29, 1.82) is 5.26 Å². The van der Waals surface area contributed by atoms with Crippen molar-refractivity contribution in [1.82, 2.24) is 0 Å². The van der Waals surface area contributed by atoms with Crippen LogP contribution in [0.4, 0.5) is 18.9 Å². The van der Waals surface area contributed by atoms with Crippen LogP contribution in [-0.2, 0) is 0 Å². The van der Waals surface area contributed by atoms with Crippen LogP contribution in [0.5, 0.6) is 0 Å². The Morgan fingerprint density at radius 3 is 2.56 bits per heavy atom. The summed E-state index contributed by atoms with van der Waals surface area (Å²) in [6.07, 6.45) is -2.98. The number of rotatable bonds is 0. The fourth-order valence-electron chi connectivity index (χ4n) is 1.64. The number of alkyl halides is 3. The van der Waals surface area contributed by atoms with Gasteiger partial charge in [0.2, 0.25) is 0 Å². The van der Waals surface area contributed by atoms with Gasteiger partial charge in [-0.15, -0.1) is 0 Å². The van der Waals surface area contributed by atoms with Gasteiger partial charge in [-0.05, 0) is 17.7 Å². The fourth-order valence-corrected chi connectivity index (χ4v) is 1.64. The number of benzene rings is 1. The summed E-state index contributed by atoms with van der Waals surface area (Å²) < 4.78 is 38.2. The Kier molecular flexibility index (Phi) is 2.35. The Morgan fingerprint density at radius 1 is 1.25 bits per heavy atom. The van der Waals surface area contributed by atoms with Crippen LogP contribution in [-0.4, -0.2) is 12.8 Å². The number of anilines is 1. The van der Waals surface area contributed by atoms with Gasteiger partial charge in [-0.25, -0.2) is 0 Å². The molecule has 1 heterocycles. The second-order valence-corrected chi connectivity index (χ2v) is 3.39. The van der Waals surface area contributed by atoms with E-state index in [0.717, 1.165) is 0 Å². The molecule has 0 unspecified atom stereocenters. The van der Waals surface area contributed by atoms with Gasteiger partial charge in [0.15, 0.2) is 0 Å². The predicted molar refractivity (Wildman–Crippen MR) is 53.4 cm³/mol. The Morgan fingerprint density at radius 2 is 1.94 bits per heavy atom. The van der Waals surface area contributed by atoms with Gasteiger partial charge in [-0.1, -0.05) is 18.2 Å². The average Bonchev–Trinajstić information content (AvgIpc) is 2.26. The molecule has 0 aliphatic carbocycles. The lowest BCUT2D eigenvalue weighted by Gasteiger charge is -2.30. The Bertz CT molecular complexity index is 483. The number of nitriles is 1. The van der Waals surface area contributed by atoms with E-state index in [0.29, 0.717) is 5.56 Å². The van der Waals surface area contributed by atoms with Crippen LogP contribution in [0.1, 0.15) is 5.56 Å². The van der Waals surface area contributed by atoms with E-state index >= 15 is 0 Å². The second kappa shape index (κ2) is 3.56. The van der Waals surface area contributed by atoms with Crippen molar-refractivity contribution < 1.29 is 13.2 Å². The number of fused-ring (bicyclic) bond motifs is 1. The molecule has 0 atom stereocenters. The minimum absolute atomic E-state index is 0.0917. The number of hydrogen-bond donors (Lipinski definition) is 0. The molecule has 82 valence electrons. The maximum absolute atomic E-state index is 12.7. The molecule has 0 amide bonds. The molecule has 0 saturated heterocycles. The highest BCUT2D eigenvalue weighted by molar-refractivity contribution is 5.75. The molecule has 0 aromatic heterocycles. The first-order chi connectivity index (χ1) is 7.52. The highest BCUT2D eigenvalue weighted by Crippen LogP contribution is 2.35. The van der Waals surface area contributed by atoms with Crippen LogP contribution in [0, 0.1) is 11.3 Å². The quantitative estimate of drug-likeness (QED) is 0.633. The van der Waals surface area contributed by atoms with E-state index in [1.54, 1.807) is 24.3 Å². The first-order valence-electron chi connectivity index (χ1n) is 4.56. The summed E-state index contributed by atoms with van der Waals surface area (Å²) in [5.74, 6) is 0. The molecule has 2 nitrogen and oxygen atoms in total. The lowest BCUT2D eigenvalue weighted by atomic mass is 10.0. The molecule has 0 saturated carbocycles. The van der Waals surface area contributed by atoms with Crippen LogP contribution >= 0.6 is 0 Å². The van der Waals surface area contributed by atoms with Gasteiger partial charge in [0.25, 0.3) is 0 Å². The third kappa shape index (κ3) is 1.74. The maximum atomic E-state index is 12.7. The molecule has 1 aliphatic heterocycles. The van der Waals surface area contributed by atoms with Crippen LogP contribution < -0.4 is 4.90 Å². The van der Waals surface area contributed by atoms with Crippen molar-refractivity contribution in [3.8, 4) is 6.07 Å². The molecule has 1 aromatic rings. The van der Waals surface area contributed by atoms with Crippen molar-refractivity contribution in [2.75, 3.05) is 11.4 Å². The summed E-state index contributed by atoms with van der Waals surface area (Å²) in [6, 6.07) is 7.91. The van der Waals surface area contributed by atoms with E-state index in [2.05, 4.69) is 0 Å². The number of nitrogens with zero attached hydrogens (tertiary/aromatic N) is 2. The molecule has 1 aliphatic rings. The molecule has 0 radical (unpaired) electrons. The van der Waals surface area contributed by atoms with Gasteiger partial charge < -0.3 is 0 Å². The van der Waals surface area contributed by atoms with Crippen LogP contribution in [0.25, 0.3) is 6.08 Å².